The molecule has 4 nitrogen and oxygen atoms in total. The van der Waals surface area contributed by atoms with Crippen molar-refractivity contribution in [2.75, 3.05) is 6.54 Å². The average molecular weight is 362 g/mol. The highest BCUT2D eigenvalue weighted by Gasteiger charge is 2.13. The second kappa shape index (κ2) is 7.07. The van der Waals surface area contributed by atoms with Gasteiger partial charge in [-0.15, -0.1) is 0 Å². The van der Waals surface area contributed by atoms with Gasteiger partial charge in [-0.25, -0.2) is 4.79 Å². The van der Waals surface area contributed by atoms with Gasteiger partial charge in [0.1, 0.15) is 11.1 Å². The lowest BCUT2D eigenvalue weighted by Gasteiger charge is -2.07. The number of fused-ring (bicyclic) bond motifs is 1. The summed E-state index contributed by atoms with van der Waals surface area (Å²) < 4.78 is 5.16. The van der Waals surface area contributed by atoms with Crippen molar-refractivity contribution in [1.29, 1.82) is 0 Å². The molecule has 1 aromatic heterocycles. The fraction of sp³-hybridized carbons (Fsp3) is 0.111. The van der Waals surface area contributed by atoms with Crippen LogP contribution in [0, 0.1) is 0 Å². The summed E-state index contributed by atoms with van der Waals surface area (Å²) in [6.07, 6.45) is 0.528. The van der Waals surface area contributed by atoms with Crippen LogP contribution >= 0.6 is 23.2 Å². The van der Waals surface area contributed by atoms with Crippen LogP contribution in [0.5, 0.6) is 0 Å². The Morgan fingerprint density at radius 2 is 1.88 bits per heavy atom. The van der Waals surface area contributed by atoms with Gasteiger partial charge in [-0.05, 0) is 36.2 Å². The summed E-state index contributed by atoms with van der Waals surface area (Å²) in [5.74, 6) is -0.473. The minimum atomic E-state index is -0.657. The molecule has 0 atom stereocenters. The van der Waals surface area contributed by atoms with Crippen LogP contribution in [-0.2, 0) is 6.42 Å². The molecule has 0 aliphatic rings. The molecular formula is C18H13Cl2NO3. The van der Waals surface area contributed by atoms with E-state index in [1.807, 2.05) is 6.07 Å². The van der Waals surface area contributed by atoms with Gasteiger partial charge in [-0.1, -0.05) is 47.5 Å². The maximum atomic E-state index is 12.2. The molecule has 1 N–H and O–H groups in total. The van der Waals surface area contributed by atoms with Crippen molar-refractivity contribution in [3.63, 3.8) is 0 Å². The number of hydrogen-bond donors (Lipinski definition) is 1. The van der Waals surface area contributed by atoms with E-state index < -0.39 is 11.5 Å². The van der Waals surface area contributed by atoms with Crippen molar-refractivity contribution >= 4 is 40.1 Å². The standard InChI is InChI=1S/C18H13Cl2NO3/c19-13-6-5-11(15(20)10-13)7-8-21-17(22)14-9-12-3-1-2-4-16(12)24-18(14)23/h1-6,9-10H,7-8H2,(H,21,22). The maximum absolute atomic E-state index is 12.2. The second-order valence-electron chi connectivity index (χ2n) is 5.23. The van der Waals surface area contributed by atoms with Crippen molar-refractivity contribution < 1.29 is 9.21 Å². The number of nitrogens with one attached hydrogen (secondary N) is 1. The molecule has 0 bridgehead atoms. The number of carbonyl (C=O) groups is 1. The molecule has 3 rings (SSSR count). The summed E-state index contributed by atoms with van der Waals surface area (Å²) in [7, 11) is 0. The molecule has 24 heavy (non-hydrogen) atoms. The van der Waals surface area contributed by atoms with E-state index in [1.54, 1.807) is 36.4 Å². The quantitative estimate of drug-likeness (QED) is 0.712. The van der Waals surface area contributed by atoms with Crippen molar-refractivity contribution in [3.8, 4) is 0 Å². The SMILES string of the molecule is O=C(NCCc1ccc(Cl)cc1Cl)c1cc2ccccc2oc1=O. The summed E-state index contributed by atoms with van der Waals surface area (Å²) in [5, 5.41) is 4.50. The lowest BCUT2D eigenvalue weighted by atomic mass is 10.1. The highest BCUT2D eigenvalue weighted by Crippen LogP contribution is 2.21. The smallest absolute Gasteiger partial charge is 0.349 e. The molecule has 122 valence electrons. The van der Waals surface area contributed by atoms with Gasteiger partial charge in [-0.2, -0.15) is 0 Å². The third kappa shape index (κ3) is 3.61. The molecular weight excluding hydrogens is 349 g/mol. The first-order valence-corrected chi connectivity index (χ1v) is 8.05. The number of halogens is 2. The summed E-state index contributed by atoms with van der Waals surface area (Å²) in [6, 6.07) is 13.8. The van der Waals surface area contributed by atoms with Crippen molar-refractivity contribution in [2.24, 2.45) is 0 Å². The first-order chi connectivity index (χ1) is 11.5. The van der Waals surface area contributed by atoms with Crippen molar-refractivity contribution in [2.45, 2.75) is 6.42 Å². The Balaban J connectivity index is 1.71. The highest BCUT2D eigenvalue weighted by atomic mass is 35.5. The Morgan fingerprint density at radius 1 is 1.08 bits per heavy atom. The molecule has 6 heteroatoms. The number of benzene rings is 2. The van der Waals surface area contributed by atoms with Crippen molar-refractivity contribution in [1.82, 2.24) is 5.32 Å². The van der Waals surface area contributed by atoms with Gasteiger partial charge in [0.2, 0.25) is 0 Å². The van der Waals surface area contributed by atoms with E-state index in [-0.39, 0.29) is 5.56 Å². The van der Waals surface area contributed by atoms with E-state index in [0.29, 0.717) is 34.0 Å². The Hall–Kier alpha value is -2.30. The molecule has 1 amide bonds. The lowest BCUT2D eigenvalue weighted by Crippen LogP contribution is -2.29. The topological polar surface area (TPSA) is 59.3 Å². The fourth-order valence-corrected chi connectivity index (χ4v) is 2.85. The first kappa shape index (κ1) is 16.6. The zero-order valence-electron chi connectivity index (χ0n) is 12.5. The third-order valence-electron chi connectivity index (χ3n) is 3.58. The Kier molecular flexibility index (Phi) is 4.88. The molecule has 0 fully saturated rings. The highest BCUT2D eigenvalue weighted by molar-refractivity contribution is 6.35. The molecule has 0 saturated heterocycles. The van der Waals surface area contributed by atoms with Gasteiger partial charge in [0, 0.05) is 22.0 Å². The van der Waals surface area contributed by atoms with Crippen LogP contribution in [0.15, 0.2) is 57.7 Å². The average Bonchev–Trinajstić information content (AvgIpc) is 2.56. The van der Waals surface area contributed by atoms with E-state index in [9.17, 15) is 9.59 Å². The van der Waals surface area contributed by atoms with E-state index in [0.717, 1.165) is 5.56 Å². The minimum Gasteiger partial charge on any atom is -0.422 e. The zero-order chi connectivity index (χ0) is 17.1. The van der Waals surface area contributed by atoms with Gasteiger partial charge in [0.25, 0.3) is 5.91 Å². The number of hydrogen-bond acceptors (Lipinski definition) is 3. The van der Waals surface area contributed by atoms with Gasteiger partial charge in [0.15, 0.2) is 0 Å². The van der Waals surface area contributed by atoms with Crippen molar-refractivity contribution in [3.05, 3.63) is 80.1 Å². The first-order valence-electron chi connectivity index (χ1n) is 7.29. The number of para-hydroxylation sites is 1. The molecule has 1 heterocycles. The lowest BCUT2D eigenvalue weighted by molar-refractivity contribution is 0.0950. The number of amides is 1. The van der Waals surface area contributed by atoms with Crippen LogP contribution in [0.4, 0.5) is 0 Å². The van der Waals surface area contributed by atoms with Gasteiger partial charge in [-0.3, -0.25) is 4.79 Å². The van der Waals surface area contributed by atoms with Crippen LogP contribution in [0.3, 0.4) is 0 Å². The van der Waals surface area contributed by atoms with Gasteiger partial charge >= 0.3 is 5.63 Å². The Labute approximate surface area is 148 Å². The van der Waals surface area contributed by atoms with Crippen LogP contribution < -0.4 is 10.9 Å². The summed E-state index contributed by atoms with van der Waals surface area (Å²) in [6.45, 7) is 0.340. The number of rotatable bonds is 4. The normalized spacial score (nSPS) is 10.8. The van der Waals surface area contributed by atoms with Crippen LogP contribution in [-0.4, -0.2) is 12.5 Å². The predicted molar refractivity (Wildman–Crippen MR) is 95.0 cm³/mol. The monoisotopic (exact) mass is 361 g/mol. The van der Waals surface area contributed by atoms with Crippen LogP contribution in [0.1, 0.15) is 15.9 Å². The molecule has 3 aromatic rings. The summed E-state index contributed by atoms with van der Waals surface area (Å²) >= 11 is 11.9. The predicted octanol–water partition coefficient (Wildman–Crippen LogP) is 4.07. The third-order valence-corrected chi connectivity index (χ3v) is 4.17. The fourth-order valence-electron chi connectivity index (χ4n) is 2.35. The molecule has 0 aliphatic carbocycles. The van der Waals surface area contributed by atoms with E-state index in [2.05, 4.69) is 5.32 Å². The molecule has 2 aromatic carbocycles. The largest absolute Gasteiger partial charge is 0.422 e. The molecule has 0 radical (unpaired) electrons. The number of carbonyl (C=O) groups excluding carboxylic acids is 1. The Bertz CT molecular complexity index is 966. The molecule has 0 saturated carbocycles. The second-order valence-corrected chi connectivity index (χ2v) is 6.07. The van der Waals surface area contributed by atoms with Gasteiger partial charge < -0.3 is 9.73 Å². The van der Waals surface area contributed by atoms with E-state index in [4.69, 9.17) is 27.6 Å². The van der Waals surface area contributed by atoms with E-state index in [1.165, 1.54) is 6.07 Å². The zero-order valence-corrected chi connectivity index (χ0v) is 14.0. The summed E-state index contributed by atoms with van der Waals surface area (Å²) in [4.78, 5) is 24.1. The molecule has 0 spiro atoms. The van der Waals surface area contributed by atoms with Crippen LogP contribution in [0.2, 0.25) is 10.0 Å². The minimum absolute atomic E-state index is 0.0177. The molecule has 0 aliphatic heterocycles. The van der Waals surface area contributed by atoms with Crippen LogP contribution in [0.25, 0.3) is 11.0 Å². The molecule has 0 unspecified atom stereocenters. The van der Waals surface area contributed by atoms with E-state index >= 15 is 0 Å². The van der Waals surface area contributed by atoms with Gasteiger partial charge in [0.05, 0.1) is 0 Å². The maximum Gasteiger partial charge on any atom is 0.349 e. The summed E-state index contributed by atoms with van der Waals surface area (Å²) in [5.41, 5.74) is 0.644. The Morgan fingerprint density at radius 3 is 2.67 bits per heavy atom.